The molecule has 196 valence electrons. The van der Waals surface area contributed by atoms with Gasteiger partial charge >= 0.3 is 0 Å². The van der Waals surface area contributed by atoms with Crippen LogP contribution in [0.25, 0.3) is 16.2 Å². The first-order valence-electron chi connectivity index (χ1n) is 13.8. The van der Waals surface area contributed by atoms with Crippen molar-refractivity contribution in [2.45, 2.75) is 58.9 Å². The van der Waals surface area contributed by atoms with Crippen LogP contribution >= 0.6 is 11.3 Å². The molecule has 0 bridgehead atoms. The van der Waals surface area contributed by atoms with Crippen molar-refractivity contribution in [3.63, 3.8) is 0 Å². The number of nitrogens with zero attached hydrogens (tertiary/aromatic N) is 6. The van der Waals surface area contributed by atoms with E-state index in [1.165, 1.54) is 33.7 Å². The van der Waals surface area contributed by atoms with Crippen LogP contribution in [-0.4, -0.2) is 61.2 Å². The average molecular weight is 527 g/mol. The molecule has 1 amide bonds. The number of fused-ring (bicyclic) bond motifs is 2. The highest BCUT2D eigenvalue weighted by Gasteiger charge is 2.48. The molecule has 1 unspecified atom stereocenters. The third-order valence-electron chi connectivity index (χ3n) is 9.15. The highest BCUT2D eigenvalue weighted by Crippen LogP contribution is 2.48. The van der Waals surface area contributed by atoms with Gasteiger partial charge < -0.3 is 4.90 Å². The zero-order valence-corrected chi connectivity index (χ0v) is 23.2. The Bertz CT molecular complexity index is 1540. The second-order valence-electron chi connectivity index (χ2n) is 11.6. The zero-order chi connectivity index (χ0) is 26.0. The molecule has 0 saturated carbocycles. The summed E-state index contributed by atoms with van der Waals surface area (Å²) in [5, 5.41) is 0. The van der Waals surface area contributed by atoms with Crippen LogP contribution in [0.2, 0.25) is 0 Å². The van der Waals surface area contributed by atoms with Crippen molar-refractivity contribution in [1.82, 2.24) is 29.2 Å². The number of rotatable bonds is 4. The molecule has 38 heavy (non-hydrogen) atoms. The third kappa shape index (κ3) is 4.05. The van der Waals surface area contributed by atoms with Crippen LogP contribution in [0, 0.1) is 26.2 Å². The Balaban J connectivity index is 0.952. The predicted octanol–water partition coefficient (Wildman–Crippen LogP) is 4.93. The van der Waals surface area contributed by atoms with Gasteiger partial charge in [0.2, 0.25) is 5.91 Å². The number of thiazole rings is 1. The minimum absolute atomic E-state index is 0.218. The van der Waals surface area contributed by atoms with Gasteiger partial charge in [-0.3, -0.25) is 14.1 Å². The Morgan fingerprint density at radius 2 is 1.92 bits per heavy atom. The molecule has 3 aromatic heterocycles. The van der Waals surface area contributed by atoms with Gasteiger partial charge in [0.15, 0.2) is 4.96 Å². The first-order valence-corrected chi connectivity index (χ1v) is 14.6. The Labute approximate surface area is 227 Å². The molecular weight excluding hydrogens is 492 g/mol. The van der Waals surface area contributed by atoms with E-state index in [4.69, 9.17) is 4.98 Å². The van der Waals surface area contributed by atoms with Gasteiger partial charge in [-0.2, -0.15) is 0 Å². The van der Waals surface area contributed by atoms with Crippen molar-refractivity contribution in [2.24, 2.45) is 5.41 Å². The fourth-order valence-corrected chi connectivity index (χ4v) is 7.75. The number of imidazole rings is 1. The number of aryl methyl sites for hydroxylation is 4. The van der Waals surface area contributed by atoms with Crippen LogP contribution in [0.1, 0.15) is 58.4 Å². The molecule has 1 aliphatic carbocycles. The van der Waals surface area contributed by atoms with Crippen LogP contribution in [0.5, 0.6) is 0 Å². The molecule has 5 heterocycles. The van der Waals surface area contributed by atoms with Gasteiger partial charge in [-0.15, -0.1) is 11.3 Å². The summed E-state index contributed by atoms with van der Waals surface area (Å²) in [6, 6.07) is 9.48. The van der Waals surface area contributed by atoms with E-state index >= 15 is 0 Å². The van der Waals surface area contributed by atoms with Gasteiger partial charge in [0.25, 0.3) is 0 Å². The standard InChI is InChI=1S/C30H34N6OS/c1-19-12-26(32-18-31-19)23-4-6-25-22(13-23)5-7-27(25)35-16-30(17-35)8-10-34(11-9-30)28(37)14-24-15-36-20(2)21(3)38-29(36)33-24/h4,6,12-13,15,18,27H,5,7-11,14,16-17H2,1-3H3. The normalized spacial score (nSPS) is 20.7. The lowest BCUT2D eigenvalue weighted by Crippen LogP contribution is -2.61. The largest absolute Gasteiger partial charge is 0.342 e. The van der Waals surface area contributed by atoms with E-state index in [2.05, 4.69) is 62.3 Å². The van der Waals surface area contributed by atoms with Crippen LogP contribution < -0.4 is 0 Å². The van der Waals surface area contributed by atoms with E-state index in [9.17, 15) is 4.79 Å². The van der Waals surface area contributed by atoms with Gasteiger partial charge in [0.1, 0.15) is 6.33 Å². The van der Waals surface area contributed by atoms with Gasteiger partial charge in [0, 0.05) is 60.2 Å². The van der Waals surface area contributed by atoms with Gasteiger partial charge in [-0.1, -0.05) is 12.1 Å². The summed E-state index contributed by atoms with van der Waals surface area (Å²) in [7, 11) is 0. The van der Waals surface area contributed by atoms with Crippen LogP contribution in [0.3, 0.4) is 0 Å². The van der Waals surface area contributed by atoms with Crippen molar-refractivity contribution in [1.29, 1.82) is 0 Å². The molecule has 0 N–H and O–H groups in total. The summed E-state index contributed by atoms with van der Waals surface area (Å²) in [5.74, 6) is 0.218. The summed E-state index contributed by atoms with van der Waals surface area (Å²) in [6.07, 6.45) is 8.65. The Morgan fingerprint density at radius 3 is 2.68 bits per heavy atom. The smallest absolute Gasteiger partial charge is 0.228 e. The second-order valence-corrected chi connectivity index (χ2v) is 12.8. The number of carbonyl (C=O) groups excluding carboxylic acids is 1. The number of amides is 1. The minimum Gasteiger partial charge on any atom is -0.342 e. The molecule has 0 radical (unpaired) electrons. The van der Waals surface area contributed by atoms with Crippen LogP contribution in [0.15, 0.2) is 36.8 Å². The predicted molar refractivity (Wildman–Crippen MR) is 149 cm³/mol. The lowest BCUT2D eigenvalue weighted by atomic mass is 9.71. The van der Waals surface area contributed by atoms with Crippen LogP contribution in [-0.2, 0) is 17.6 Å². The quantitative estimate of drug-likeness (QED) is 0.377. The minimum atomic E-state index is 0.218. The van der Waals surface area contributed by atoms with Crippen molar-refractivity contribution in [2.75, 3.05) is 26.2 Å². The maximum Gasteiger partial charge on any atom is 0.228 e. The van der Waals surface area contributed by atoms with Crippen molar-refractivity contribution in [3.05, 3.63) is 69.9 Å². The fourth-order valence-electron chi connectivity index (χ4n) is 6.78. The second kappa shape index (κ2) is 8.99. The van der Waals surface area contributed by atoms with E-state index in [0.29, 0.717) is 17.9 Å². The molecule has 1 atom stereocenters. The Kier molecular flexibility index (Phi) is 5.67. The maximum absolute atomic E-state index is 13.1. The number of hydrogen-bond acceptors (Lipinski definition) is 6. The van der Waals surface area contributed by atoms with E-state index < -0.39 is 0 Å². The van der Waals surface area contributed by atoms with E-state index in [1.807, 2.05) is 13.1 Å². The zero-order valence-electron chi connectivity index (χ0n) is 22.4. The highest BCUT2D eigenvalue weighted by atomic mass is 32.1. The Hall–Kier alpha value is -3.10. The van der Waals surface area contributed by atoms with E-state index in [-0.39, 0.29) is 5.91 Å². The average Bonchev–Trinajstić information content (AvgIpc) is 3.56. The summed E-state index contributed by atoms with van der Waals surface area (Å²) in [4.78, 5) is 33.5. The highest BCUT2D eigenvalue weighted by molar-refractivity contribution is 7.17. The number of likely N-dealkylation sites (tertiary alicyclic amines) is 2. The van der Waals surface area contributed by atoms with Crippen molar-refractivity contribution in [3.8, 4) is 11.3 Å². The molecule has 1 spiro atoms. The number of aromatic nitrogens is 4. The summed E-state index contributed by atoms with van der Waals surface area (Å²) < 4.78 is 2.12. The van der Waals surface area contributed by atoms with Gasteiger partial charge in [0.05, 0.1) is 17.8 Å². The topological polar surface area (TPSA) is 66.6 Å². The van der Waals surface area contributed by atoms with E-state index in [0.717, 1.165) is 67.5 Å². The summed E-state index contributed by atoms with van der Waals surface area (Å²) in [5.41, 5.74) is 8.64. The molecule has 3 aliphatic rings. The van der Waals surface area contributed by atoms with Gasteiger partial charge in [-0.25, -0.2) is 15.0 Å². The molecular formula is C30H34N6OS. The summed E-state index contributed by atoms with van der Waals surface area (Å²) >= 11 is 1.70. The number of carbonyl (C=O) groups is 1. The van der Waals surface area contributed by atoms with Crippen molar-refractivity contribution < 1.29 is 4.79 Å². The molecule has 8 heteroatoms. The molecule has 2 aliphatic heterocycles. The molecule has 7 rings (SSSR count). The number of hydrogen-bond donors (Lipinski definition) is 0. The first-order chi connectivity index (χ1) is 18.4. The third-order valence-corrected chi connectivity index (χ3v) is 10.2. The summed E-state index contributed by atoms with van der Waals surface area (Å²) in [6.45, 7) is 10.3. The molecule has 2 saturated heterocycles. The van der Waals surface area contributed by atoms with Crippen LogP contribution in [0.4, 0.5) is 0 Å². The molecule has 1 aromatic carbocycles. The lowest BCUT2D eigenvalue weighted by molar-refractivity contribution is -0.136. The SMILES string of the molecule is Cc1cc(-c2ccc3c(c2)CCC3N2CC3(CCN(C(=O)Cc4cn5c(C)c(C)sc5n4)CC3)C2)ncn1. The Morgan fingerprint density at radius 1 is 1.11 bits per heavy atom. The maximum atomic E-state index is 13.1. The monoisotopic (exact) mass is 526 g/mol. The molecule has 4 aromatic rings. The lowest BCUT2D eigenvalue weighted by Gasteiger charge is -2.56. The number of piperidine rings is 1. The molecule has 2 fully saturated rings. The van der Waals surface area contributed by atoms with Gasteiger partial charge in [-0.05, 0) is 75.1 Å². The first kappa shape index (κ1) is 24.0. The van der Waals surface area contributed by atoms with E-state index in [1.54, 1.807) is 17.7 Å². The number of benzene rings is 1. The fraction of sp³-hybridized carbons (Fsp3) is 0.467. The molecule has 7 nitrogen and oxygen atoms in total. The van der Waals surface area contributed by atoms with Crippen molar-refractivity contribution >= 4 is 22.2 Å².